The molecule has 0 bridgehead atoms. The molecule has 0 aliphatic carbocycles. The molecule has 4 aromatic rings. The number of amides is 1. The molecule has 28 heavy (non-hydrogen) atoms. The lowest BCUT2D eigenvalue weighted by Gasteiger charge is -2.09. The summed E-state index contributed by atoms with van der Waals surface area (Å²) in [5.41, 5.74) is 2.14. The van der Waals surface area contributed by atoms with E-state index >= 15 is 0 Å². The van der Waals surface area contributed by atoms with Crippen LogP contribution in [0.4, 0.5) is 0 Å². The molecule has 0 fully saturated rings. The van der Waals surface area contributed by atoms with Gasteiger partial charge in [-0.1, -0.05) is 5.16 Å². The monoisotopic (exact) mass is 379 g/mol. The largest absolute Gasteiger partial charge is 0.497 e. The quantitative estimate of drug-likeness (QED) is 0.565. The minimum Gasteiger partial charge on any atom is -0.497 e. The molecule has 9 heteroatoms. The summed E-state index contributed by atoms with van der Waals surface area (Å²) >= 11 is 0. The molecule has 0 atom stereocenters. The summed E-state index contributed by atoms with van der Waals surface area (Å²) in [6, 6.07) is 9.02. The van der Waals surface area contributed by atoms with Gasteiger partial charge in [-0.3, -0.25) is 14.0 Å². The number of aromatic nitrogens is 4. The summed E-state index contributed by atoms with van der Waals surface area (Å²) in [6.45, 7) is 0.207. The number of benzene rings is 1. The maximum atomic E-state index is 12.7. The molecule has 0 aliphatic heterocycles. The third kappa shape index (κ3) is 3.13. The van der Waals surface area contributed by atoms with Crippen LogP contribution in [0.1, 0.15) is 16.2 Å². The van der Waals surface area contributed by atoms with Crippen molar-refractivity contribution in [2.75, 3.05) is 7.11 Å². The van der Waals surface area contributed by atoms with Crippen molar-refractivity contribution in [2.24, 2.45) is 7.05 Å². The fraction of sp³-hybridized carbons (Fsp3) is 0.158. The summed E-state index contributed by atoms with van der Waals surface area (Å²) in [5.74, 6) is 0.322. The number of ether oxygens (including phenoxy) is 1. The Hall–Kier alpha value is -3.88. The van der Waals surface area contributed by atoms with Crippen molar-refractivity contribution in [3.05, 3.63) is 70.7 Å². The molecule has 0 spiro atoms. The summed E-state index contributed by atoms with van der Waals surface area (Å²) in [7, 11) is 3.26. The molecule has 0 saturated heterocycles. The fourth-order valence-corrected chi connectivity index (χ4v) is 2.86. The van der Waals surface area contributed by atoms with Crippen molar-refractivity contribution >= 4 is 11.6 Å². The van der Waals surface area contributed by atoms with Crippen molar-refractivity contribution in [1.29, 1.82) is 0 Å². The lowest BCUT2D eigenvalue weighted by Crippen LogP contribution is -2.23. The van der Waals surface area contributed by atoms with Crippen LogP contribution in [0.15, 0.2) is 58.3 Å². The van der Waals surface area contributed by atoms with Crippen LogP contribution in [0.3, 0.4) is 0 Å². The van der Waals surface area contributed by atoms with Gasteiger partial charge in [0.05, 0.1) is 19.3 Å². The van der Waals surface area contributed by atoms with E-state index in [1.165, 1.54) is 17.0 Å². The number of hydrogen-bond donors (Lipinski definition) is 1. The molecule has 0 saturated carbocycles. The third-order valence-corrected chi connectivity index (χ3v) is 4.39. The van der Waals surface area contributed by atoms with Gasteiger partial charge in [-0.15, -0.1) is 0 Å². The van der Waals surface area contributed by atoms with Gasteiger partial charge in [0.15, 0.2) is 0 Å². The average Bonchev–Trinajstić information content (AvgIpc) is 3.39. The summed E-state index contributed by atoms with van der Waals surface area (Å²) < 4.78 is 13.0. The molecule has 4 rings (SSSR count). The van der Waals surface area contributed by atoms with Gasteiger partial charge in [0, 0.05) is 31.1 Å². The molecule has 142 valence electrons. The van der Waals surface area contributed by atoms with Crippen molar-refractivity contribution in [2.45, 2.75) is 6.54 Å². The Bertz CT molecular complexity index is 1190. The predicted octanol–water partition coefficient (Wildman–Crippen LogP) is 1.63. The van der Waals surface area contributed by atoms with Crippen LogP contribution in [0, 0.1) is 0 Å². The maximum Gasteiger partial charge on any atom is 0.294 e. The van der Waals surface area contributed by atoms with Gasteiger partial charge < -0.3 is 19.1 Å². The zero-order valence-corrected chi connectivity index (χ0v) is 15.2. The summed E-state index contributed by atoms with van der Waals surface area (Å²) in [4.78, 5) is 29.3. The second kappa shape index (κ2) is 7.03. The van der Waals surface area contributed by atoms with Crippen molar-refractivity contribution in [3.63, 3.8) is 0 Å². The summed E-state index contributed by atoms with van der Waals surface area (Å²) in [6.07, 6.45) is 4.72. The summed E-state index contributed by atoms with van der Waals surface area (Å²) in [5, 5.41) is 6.43. The second-order valence-electron chi connectivity index (χ2n) is 6.14. The highest BCUT2D eigenvalue weighted by Gasteiger charge is 2.16. The number of hydrogen-bond acceptors (Lipinski definition) is 6. The fourth-order valence-electron chi connectivity index (χ4n) is 2.86. The van der Waals surface area contributed by atoms with Crippen molar-refractivity contribution in [1.82, 2.24) is 24.4 Å². The first-order valence-electron chi connectivity index (χ1n) is 8.47. The van der Waals surface area contributed by atoms with E-state index in [2.05, 4.69) is 15.5 Å². The van der Waals surface area contributed by atoms with Gasteiger partial charge in [0.1, 0.15) is 23.4 Å². The van der Waals surface area contributed by atoms with Crippen LogP contribution in [0.25, 0.3) is 16.9 Å². The molecule has 0 unspecified atom stereocenters. The van der Waals surface area contributed by atoms with E-state index in [0.29, 0.717) is 11.4 Å². The molecular weight excluding hydrogens is 362 g/mol. The molecule has 0 radical (unpaired) electrons. The van der Waals surface area contributed by atoms with E-state index in [1.807, 2.05) is 24.3 Å². The molecule has 1 N–H and O–H groups in total. The predicted molar refractivity (Wildman–Crippen MR) is 100 cm³/mol. The van der Waals surface area contributed by atoms with Gasteiger partial charge >= 0.3 is 0 Å². The average molecular weight is 379 g/mol. The van der Waals surface area contributed by atoms with Crippen LogP contribution in [0.2, 0.25) is 0 Å². The minimum atomic E-state index is -0.403. The lowest BCUT2D eigenvalue weighted by molar-refractivity contribution is 0.0945. The number of nitrogens with zero attached hydrogens (tertiary/aromatic N) is 4. The van der Waals surface area contributed by atoms with E-state index in [0.717, 1.165) is 11.3 Å². The first-order valence-corrected chi connectivity index (χ1v) is 8.47. The van der Waals surface area contributed by atoms with Crippen LogP contribution in [-0.2, 0) is 13.6 Å². The number of carbonyl (C=O) groups excluding carboxylic acids is 1. The number of nitrogens with one attached hydrogen (secondary N) is 1. The SMILES string of the molecule is COc1ccc(-c2cn3cc(C(=O)NCc4ccon4)nc3c(=O)n2C)cc1. The van der Waals surface area contributed by atoms with E-state index in [4.69, 9.17) is 9.26 Å². The molecule has 0 aliphatic rings. The van der Waals surface area contributed by atoms with Crippen LogP contribution >= 0.6 is 0 Å². The van der Waals surface area contributed by atoms with Gasteiger partial charge in [0.25, 0.3) is 11.5 Å². The molecule has 3 heterocycles. The normalized spacial score (nSPS) is 10.9. The van der Waals surface area contributed by atoms with E-state index in [9.17, 15) is 9.59 Å². The highest BCUT2D eigenvalue weighted by Crippen LogP contribution is 2.21. The maximum absolute atomic E-state index is 12.7. The van der Waals surface area contributed by atoms with E-state index < -0.39 is 5.91 Å². The lowest BCUT2D eigenvalue weighted by atomic mass is 10.1. The van der Waals surface area contributed by atoms with Crippen molar-refractivity contribution < 1.29 is 14.1 Å². The van der Waals surface area contributed by atoms with Gasteiger partial charge in [-0.05, 0) is 24.3 Å². The highest BCUT2D eigenvalue weighted by molar-refractivity contribution is 5.92. The van der Waals surface area contributed by atoms with E-state index in [1.54, 1.807) is 30.8 Å². The molecule has 9 nitrogen and oxygen atoms in total. The number of imidazole rings is 1. The molecular formula is C19H17N5O4. The Kier molecular flexibility index (Phi) is 4.40. The smallest absolute Gasteiger partial charge is 0.294 e. The molecule has 3 aromatic heterocycles. The van der Waals surface area contributed by atoms with Gasteiger partial charge in [0.2, 0.25) is 5.65 Å². The number of rotatable bonds is 5. The molecule has 1 aromatic carbocycles. The standard InChI is InChI=1S/C19H17N5O4/c1-23-16(12-3-5-14(27-2)6-4-12)11-24-10-15(21-17(24)19(23)26)18(25)20-9-13-7-8-28-22-13/h3-8,10-11H,9H2,1-2H3,(H,20,25). The number of methoxy groups -OCH3 is 1. The Morgan fingerprint density at radius 2 is 2.00 bits per heavy atom. The van der Waals surface area contributed by atoms with Gasteiger partial charge in [-0.2, -0.15) is 0 Å². The molecule has 1 amide bonds. The first-order chi connectivity index (χ1) is 13.6. The zero-order chi connectivity index (χ0) is 19.7. The van der Waals surface area contributed by atoms with Gasteiger partial charge in [-0.25, -0.2) is 4.98 Å². The van der Waals surface area contributed by atoms with Crippen LogP contribution < -0.4 is 15.6 Å². The minimum absolute atomic E-state index is 0.146. The first kappa shape index (κ1) is 17.5. The zero-order valence-electron chi connectivity index (χ0n) is 15.2. The second-order valence-corrected chi connectivity index (χ2v) is 6.14. The number of carbonyl (C=O) groups is 1. The Balaban J connectivity index is 1.68. The van der Waals surface area contributed by atoms with Crippen LogP contribution in [0.5, 0.6) is 5.75 Å². The highest BCUT2D eigenvalue weighted by atomic mass is 16.5. The Morgan fingerprint density at radius 1 is 1.21 bits per heavy atom. The van der Waals surface area contributed by atoms with E-state index in [-0.39, 0.29) is 23.4 Å². The topological polar surface area (TPSA) is 104 Å². The Morgan fingerprint density at radius 3 is 2.68 bits per heavy atom. The van der Waals surface area contributed by atoms with Crippen LogP contribution in [-0.4, -0.2) is 32.1 Å². The Labute approximate surface area is 159 Å². The van der Waals surface area contributed by atoms with Crippen molar-refractivity contribution in [3.8, 4) is 17.0 Å². The number of fused-ring (bicyclic) bond motifs is 1. The third-order valence-electron chi connectivity index (χ3n) is 4.39.